The Balaban J connectivity index is 3.20. The molecule has 0 radical (unpaired) electrons. The van der Waals surface area contributed by atoms with Crippen molar-refractivity contribution in [2.75, 3.05) is 0 Å². The van der Waals surface area contributed by atoms with Gasteiger partial charge in [0.05, 0.1) is 0 Å². The summed E-state index contributed by atoms with van der Waals surface area (Å²) in [5.41, 5.74) is -2.49. The third-order valence-corrected chi connectivity index (χ3v) is 2.46. The van der Waals surface area contributed by atoms with E-state index in [2.05, 4.69) is 0 Å². The molecule has 0 N–H and O–H groups in total. The van der Waals surface area contributed by atoms with Crippen molar-refractivity contribution in [3.8, 4) is 6.07 Å². The number of hydrogen-bond donors (Lipinski definition) is 0. The minimum absolute atomic E-state index is 0.0192. The molecule has 7 nitrogen and oxygen atoms in total. The lowest BCUT2D eigenvalue weighted by Crippen LogP contribution is -2.37. The van der Waals surface area contributed by atoms with Gasteiger partial charge in [0.1, 0.15) is 17.0 Å². The molecule has 2 heterocycles. The fourth-order valence-corrected chi connectivity index (χ4v) is 1.52. The predicted octanol–water partition coefficient (Wildman–Crippen LogP) is -0.938. The highest BCUT2D eigenvalue weighted by molar-refractivity contribution is 5.73. The number of hydrogen-bond acceptors (Lipinski definition) is 5. The number of aryl methyl sites for hydroxylation is 1. The van der Waals surface area contributed by atoms with E-state index in [0.717, 1.165) is 15.2 Å². The topological polar surface area (TPSA) is 98.0 Å². The molecule has 0 amide bonds. The molecule has 0 aliphatic carbocycles. The van der Waals surface area contributed by atoms with Gasteiger partial charge in [0.2, 0.25) is 5.71 Å². The van der Waals surface area contributed by atoms with Gasteiger partial charge in [-0.05, 0) is 6.07 Å². The first-order valence-corrected chi connectivity index (χ1v) is 4.61. The molecule has 0 saturated carbocycles. The fraction of sp³-hybridized carbons (Fsp3) is 0.200. The van der Waals surface area contributed by atoms with Crippen LogP contribution in [0.15, 0.2) is 24.9 Å². The first-order chi connectivity index (χ1) is 7.97. The van der Waals surface area contributed by atoms with Crippen molar-refractivity contribution in [3.63, 3.8) is 0 Å². The molecule has 0 bridgehead atoms. The SMILES string of the molecule is Cn1c(=O)c2cc(C#N)c(=O)oc2n(C)c1=O. The maximum absolute atomic E-state index is 11.8. The van der Waals surface area contributed by atoms with Gasteiger partial charge in [-0.1, -0.05) is 0 Å². The van der Waals surface area contributed by atoms with Gasteiger partial charge >= 0.3 is 11.3 Å². The van der Waals surface area contributed by atoms with Crippen LogP contribution in [0.5, 0.6) is 0 Å². The average Bonchev–Trinajstić information content (AvgIpc) is 2.33. The Morgan fingerprint density at radius 3 is 2.47 bits per heavy atom. The largest absolute Gasteiger partial charge is 0.404 e. The normalized spacial score (nSPS) is 10.4. The monoisotopic (exact) mass is 233 g/mol. The highest BCUT2D eigenvalue weighted by Crippen LogP contribution is 2.05. The molecule has 0 fully saturated rings. The summed E-state index contributed by atoms with van der Waals surface area (Å²) in [4.78, 5) is 34.6. The first-order valence-electron chi connectivity index (χ1n) is 4.61. The zero-order chi connectivity index (χ0) is 12.7. The minimum atomic E-state index is -0.872. The second kappa shape index (κ2) is 3.45. The van der Waals surface area contributed by atoms with Crippen LogP contribution in [0.1, 0.15) is 5.56 Å². The summed E-state index contributed by atoms with van der Waals surface area (Å²) in [6.45, 7) is 0. The van der Waals surface area contributed by atoms with Crippen LogP contribution >= 0.6 is 0 Å². The molecule has 0 saturated heterocycles. The summed E-state index contributed by atoms with van der Waals surface area (Å²) in [5, 5.41) is 8.69. The van der Waals surface area contributed by atoms with Crippen molar-refractivity contribution in [2.45, 2.75) is 0 Å². The van der Waals surface area contributed by atoms with E-state index < -0.39 is 16.9 Å². The van der Waals surface area contributed by atoms with Crippen LogP contribution in [-0.2, 0) is 14.1 Å². The van der Waals surface area contributed by atoms with E-state index >= 15 is 0 Å². The van der Waals surface area contributed by atoms with Crippen molar-refractivity contribution >= 4 is 11.1 Å². The quantitative estimate of drug-likeness (QED) is 0.585. The van der Waals surface area contributed by atoms with Gasteiger partial charge in [-0.2, -0.15) is 5.26 Å². The Bertz CT molecular complexity index is 832. The number of nitrogens with zero attached hydrogens (tertiary/aromatic N) is 3. The van der Waals surface area contributed by atoms with Crippen LogP contribution in [0.3, 0.4) is 0 Å². The molecule has 86 valence electrons. The van der Waals surface area contributed by atoms with E-state index in [1.807, 2.05) is 0 Å². The molecule has 0 aliphatic rings. The minimum Gasteiger partial charge on any atom is -0.404 e. The van der Waals surface area contributed by atoms with Crippen LogP contribution in [-0.4, -0.2) is 9.13 Å². The molecule has 2 rings (SSSR count). The molecule has 0 spiro atoms. The fourth-order valence-electron chi connectivity index (χ4n) is 1.52. The molecule has 7 heteroatoms. The van der Waals surface area contributed by atoms with E-state index in [9.17, 15) is 14.4 Å². The van der Waals surface area contributed by atoms with Crippen molar-refractivity contribution in [2.24, 2.45) is 14.1 Å². The molecule has 0 atom stereocenters. The van der Waals surface area contributed by atoms with Gasteiger partial charge in [0.15, 0.2) is 0 Å². The number of nitriles is 1. The highest BCUT2D eigenvalue weighted by atomic mass is 16.4. The van der Waals surface area contributed by atoms with Crippen molar-refractivity contribution in [1.82, 2.24) is 9.13 Å². The number of fused-ring (bicyclic) bond motifs is 1. The van der Waals surface area contributed by atoms with Gasteiger partial charge in [0.25, 0.3) is 5.56 Å². The number of rotatable bonds is 0. The zero-order valence-corrected chi connectivity index (χ0v) is 9.05. The van der Waals surface area contributed by atoms with Crippen LogP contribution in [0, 0.1) is 11.3 Å². The van der Waals surface area contributed by atoms with Gasteiger partial charge in [-0.3, -0.25) is 13.9 Å². The molecular formula is C10H7N3O4. The smallest absolute Gasteiger partial charge is 0.355 e. The van der Waals surface area contributed by atoms with E-state index in [4.69, 9.17) is 9.68 Å². The first kappa shape index (κ1) is 10.9. The summed E-state index contributed by atoms with van der Waals surface area (Å²) in [6, 6.07) is 2.75. The molecular weight excluding hydrogens is 226 g/mol. The third kappa shape index (κ3) is 1.38. The maximum Gasteiger partial charge on any atom is 0.355 e. The summed E-state index contributed by atoms with van der Waals surface area (Å²) in [7, 11) is 2.68. The second-order valence-corrected chi connectivity index (χ2v) is 3.48. The molecule has 2 aromatic rings. The third-order valence-electron chi connectivity index (χ3n) is 2.46. The van der Waals surface area contributed by atoms with E-state index in [-0.39, 0.29) is 16.7 Å². The van der Waals surface area contributed by atoms with Gasteiger partial charge in [0, 0.05) is 14.1 Å². The van der Waals surface area contributed by atoms with Crippen molar-refractivity contribution in [3.05, 3.63) is 42.9 Å². The van der Waals surface area contributed by atoms with Crippen molar-refractivity contribution in [1.29, 1.82) is 5.26 Å². The second-order valence-electron chi connectivity index (χ2n) is 3.48. The van der Waals surface area contributed by atoms with E-state index in [1.165, 1.54) is 14.1 Å². The zero-order valence-electron chi connectivity index (χ0n) is 9.05. The Morgan fingerprint density at radius 1 is 1.24 bits per heavy atom. The van der Waals surface area contributed by atoms with Crippen molar-refractivity contribution < 1.29 is 4.42 Å². The lowest BCUT2D eigenvalue weighted by Gasteiger charge is -2.04. The van der Waals surface area contributed by atoms with Crippen LogP contribution in [0.4, 0.5) is 0 Å². The summed E-state index contributed by atoms with van der Waals surface area (Å²) in [5.74, 6) is 0. The standard InChI is InChI=1S/C10H7N3O4/c1-12-7(14)6-3-5(4-11)9(15)17-8(6)13(2)10(12)16/h3H,1-2H3. The Morgan fingerprint density at radius 2 is 1.88 bits per heavy atom. The molecule has 2 aromatic heterocycles. The lowest BCUT2D eigenvalue weighted by molar-refractivity contribution is 0.516. The number of aromatic nitrogens is 2. The van der Waals surface area contributed by atoms with E-state index in [1.54, 1.807) is 6.07 Å². The molecule has 0 unspecified atom stereocenters. The maximum atomic E-state index is 11.8. The lowest BCUT2D eigenvalue weighted by atomic mass is 10.2. The Kier molecular flexibility index (Phi) is 2.21. The summed E-state index contributed by atoms with van der Waals surface area (Å²) >= 11 is 0. The van der Waals surface area contributed by atoms with Gasteiger partial charge in [-0.15, -0.1) is 0 Å². The average molecular weight is 233 g/mol. The highest BCUT2D eigenvalue weighted by Gasteiger charge is 2.13. The Labute approximate surface area is 93.7 Å². The van der Waals surface area contributed by atoms with Crippen LogP contribution in [0.2, 0.25) is 0 Å². The summed E-state index contributed by atoms with van der Waals surface area (Å²) < 4.78 is 6.72. The predicted molar refractivity (Wildman–Crippen MR) is 57.7 cm³/mol. The van der Waals surface area contributed by atoms with Gasteiger partial charge in [-0.25, -0.2) is 9.59 Å². The van der Waals surface area contributed by atoms with E-state index in [0.29, 0.717) is 0 Å². The summed E-state index contributed by atoms with van der Waals surface area (Å²) in [6.07, 6.45) is 0. The molecule has 17 heavy (non-hydrogen) atoms. The van der Waals surface area contributed by atoms with Gasteiger partial charge < -0.3 is 4.42 Å². The molecule has 0 aliphatic heterocycles. The van der Waals surface area contributed by atoms with Crippen LogP contribution in [0.25, 0.3) is 11.1 Å². The molecule has 0 aromatic carbocycles. The Hall–Kier alpha value is -2.62. The van der Waals surface area contributed by atoms with Crippen LogP contribution < -0.4 is 16.9 Å².